The van der Waals surface area contributed by atoms with Gasteiger partial charge in [-0.05, 0) is 30.7 Å². The third kappa shape index (κ3) is 4.19. The second kappa shape index (κ2) is 7.66. The Bertz CT molecular complexity index is 1120. The van der Waals surface area contributed by atoms with Gasteiger partial charge in [0.1, 0.15) is 0 Å². The number of rotatable bonds is 5. The van der Waals surface area contributed by atoms with Gasteiger partial charge in [0.05, 0.1) is 12.1 Å². The Labute approximate surface area is 166 Å². The van der Waals surface area contributed by atoms with Gasteiger partial charge < -0.3 is 5.21 Å². The molecule has 1 aromatic carbocycles. The predicted molar refractivity (Wildman–Crippen MR) is 106 cm³/mol. The van der Waals surface area contributed by atoms with Crippen LogP contribution >= 0.6 is 11.3 Å². The smallest absolute Gasteiger partial charge is 0.249 e. The lowest BCUT2D eigenvalue weighted by Gasteiger charge is -2.13. The van der Waals surface area contributed by atoms with E-state index >= 15 is 0 Å². The van der Waals surface area contributed by atoms with Crippen LogP contribution in [0.3, 0.4) is 0 Å². The predicted octanol–water partition coefficient (Wildman–Crippen LogP) is 1.60. The third-order valence-corrected chi connectivity index (χ3v) is 6.88. The van der Waals surface area contributed by atoms with E-state index in [-0.39, 0.29) is 27.4 Å². The zero-order valence-electron chi connectivity index (χ0n) is 15.2. The zero-order valence-corrected chi connectivity index (χ0v) is 16.8. The maximum absolute atomic E-state index is 12.5. The molecule has 3 rings (SSSR count). The highest BCUT2D eigenvalue weighted by atomic mass is 32.2. The van der Waals surface area contributed by atoms with E-state index in [4.69, 9.17) is 5.14 Å². The fourth-order valence-corrected chi connectivity index (χ4v) is 4.55. The molecule has 2 heterocycles. The van der Waals surface area contributed by atoms with Gasteiger partial charge in [0.25, 0.3) is 0 Å². The summed E-state index contributed by atoms with van der Waals surface area (Å²) in [6.45, 7) is 1.53. The molecule has 0 aliphatic carbocycles. The summed E-state index contributed by atoms with van der Waals surface area (Å²) in [6.07, 6.45) is 1.53. The highest BCUT2D eigenvalue weighted by Crippen LogP contribution is 2.28. The second-order valence-corrected chi connectivity index (χ2v) is 8.89. The standard InChI is InChI=1S/C18H18N4O4S2/c1-12-17(28(19,25)26)27-18(20-12)21(2)16(23)11-13-6-8-14(9-7-13)15-5-3-4-10-22(15)24/h3-10H,11H2,1-2H3,(H2,19,25,26). The monoisotopic (exact) mass is 418 g/mol. The minimum Gasteiger partial charge on any atom is -0.618 e. The maximum Gasteiger partial charge on any atom is 0.249 e. The normalized spacial score (nSPS) is 11.4. The fourth-order valence-electron chi connectivity index (χ4n) is 2.62. The van der Waals surface area contributed by atoms with Crippen LogP contribution in [0, 0.1) is 12.1 Å². The first kappa shape index (κ1) is 19.9. The average Bonchev–Trinajstić information content (AvgIpc) is 3.04. The minimum absolute atomic E-state index is 0.0553. The first-order valence-corrected chi connectivity index (χ1v) is 10.6. The molecule has 2 N–H and O–H groups in total. The van der Waals surface area contributed by atoms with Gasteiger partial charge in [-0.15, -0.1) is 0 Å². The van der Waals surface area contributed by atoms with Gasteiger partial charge in [0.15, 0.2) is 15.5 Å². The molecule has 0 fully saturated rings. The van der Waals surface area contributed by atoms with Crippen LogP contribution in [0.4, 0.5) is 5.13 Å². The molecule has 0 unspecified atom stereocenters. The van der Waals surface area contributed by atoms with Crippen molar-refractivity contribution in [1.82, 2.24) is 4.98 Å². The molecule has 0 aliphatic heterocycles. The number of hydrogen-bond acceptors (Lipinski definition) is 6. The second-order valence-electron chi connectivity index (χ2n) is 6.15. The largest absolute Gasteiger partial charge is 0.618 e. The highest BCUT2D eigenvalue weighted by Gasteiger charge is 2.22. The molecule has 8 nitrogen and oxygen atoms in total. The van der Waals surface area contributed by atoms with E-state index in [2.05, 4.69) is 4.98 Å². The number of aromatic nitrogens is 2. The number of primary sulfonamides is 1. The van der Waals surface area contributed by atoms with Gasteiger partial charge in [0, 0.05) is 24.7 Å². The Morgan fingerprint density at radius 1 is 1.25 bits per heavy atom. The van der Waals surface area contributed by atoms with Gasteiger partial charge in [-0.1, -0.05) is 23.5 Å². The number of nitrogens with zero attached hydrogens (tertiary/aromatic N) is 3. The van der Waals surface area contributed by atoms with E-state index in [1.165, 1.54) is 25.1 Å². The molecule has 0 bridgehead atoms. The molecule has 1 amide bonds. The summed E-state index contributed by atoms with van der Waals surface area (Å²) in [7, 11) is -2.34. The molecule has 0 atom stereocenters. The van der Waals surface area contributed by atoms with Crippen molar-refractivity contribution >= 4 is 32.4 Å². The van der Waals surface area contributed by atoms with Gasteiger partial charge in [0.2, 0.25) is 21.6 Å². The Morgan fingerprint density at radius 3 is 2.50 bits per heavy atom. The quantitative estimate of drug-likeness (QED) is 0.498. The van der Waals surface area contributed by atoms with Crippen LogP contribution < -0.4 is 14.8 Å². The van der Waals surface area contributed by atoms with Crippen LogP contribution in [0.1, 0.15) is 11.3 Å². The number of anilines is 1. The van der Waals surface area contributed by atoms with Gasteiger partial charge in [-0.2, -0.15) is 4.73 Å². The molecule has 28 heavy (non-hydrogen) atoms. The van der Waals surface area contributed by atoms with Crippen LogP contribution in [0.2, 0.25) is 0 Å². The van der Waals surface area contributed by atoms with Crippen LogP contribution in [-0.4, -0.2) is 26.4 Å². The number of amides is 1. The van der Waals surface area contributed by atoms with Gasteiger partial charge in [-0.25, -0.2) is 18.5 Å². The number of carbonyl (C=O) groups is 1. The fraction of sp³-hybridized carbons (Fsp3) is 0.167. The summed E-state index contributed by atoms with van der Waals surface area (Å²) in [5.74, 6) is -0.249. The van der Waals surface area contributed by atoms with E-state index in [1.807, 2.05) is 0 Å². The first-order chi connectivity index (χ1) is 13.2. The number of benzene rings is 1. The molecule has 0 saturated heterocycles. The number of thiazole rings is 1. The highest BCUT2D eigenvalue weighted by molar-refractivity contribution is 7.91. The van der Waals surface area contributed by atoms with Gasteiger partial charge in [-0.3, -0.25) is 9.69 Å². The molecule has 146 valence electrons. The van der Waals surface area contributed by atoms with Crippen LogP contribution in [0.5, 0.6) is 0 Å². The summed E-state index contributed by atoms with van der Waals surface area (Å²) in [5.41, 5.74) is 2.29. The first-order valence-electron chi connectivity index (χ1n) is 8.21. The van der Waals surface area contributed by atoms with Crippen molar-refractivity contribution in [2.75, 3.05) is 11.9 Å². The number of carbonyl (C=O) groups excluding carboxylic acids is 1. The molecule has 0 radical (unpaired) electrons. The SMILES string of the molecule is Cc1nc(N(C)C(=O)Cc2ccc(-c3cccc[n+]3[O-])cc2)sc1S(N)(=O)=O. The van der Waals surface area contributed by atoms with Crippen molar-refractivity contribution in [3.05, 3.63) is 65.1 Å². The molecule has 2 aromatic heterocycles. The van der Waals surface area contributed by atoms with Crippen LogP contribution in [0.15, 0.2) is 52.9 Å². The number of aryl methyl sites for hydroxylation is 1. The molecular weight excluding hydrogens is 400 g/mol. The van der Waals surface area contributed by atoms with Crippen molar-refractivity contribution in [2.24, 2.45) is 5.14 Å². The Hall–Kier alpha value is -2.82. The molecule has 0 spiro atoms. The van der Waals surface area contributed by atoms with E-state index in [0.717, 1.165) is 27.2 Å². The van der Waals surface area contributed by atoms with E-state index in [9.17, 15) is 18.4 Å². The molecule has 0 saturated carbocycles. The topological polar surface area (TPSA) is 120 Å². The van der Waals surface area contributed by atoms with E-state index < -0.39 is 10.0 Å². The van der Waals surface area contributed by atoms with Crippen LogP contribution in [0.25, 0.3) is 11.3 Å². The summed E-state index contributed by atoms with van der Waals surface area (Å²) in [6, 6.07) is 12.3. The molecule has 10 heteroatoms. The lowest BCUT2D eigenvalue weighted by atomic mass is 10.1. The van der Waals surface area contributed by atoms with Crippen LogP contribution in [-0.2, 0) is 21.2 Å². The van der Waals surface area contributed by atoms with Crippen molar-refractivity contribution in [3.63, 3.8) is 0 Å². The number of nitrogens with two attached hydrogens (primary N) is 1. The average molecular weight is 419 g/mol. The van der Waals surface area contributed by atoms with Crippen molar-refractivity contribution < 1.29 is 17.9 Å². The van der Waals surface area contributed by atoms with E-state index in [0.29, 0.717) is 5.69 Å². The maximum atomic E-state index is 12.5. The van der Waals surface area contributed by atoms with Crippen molar-refractivity contribution in [2.45, 2.75) is 17.6 Å². The minimum atomic E-state index is -3.87. The number of hydrogen-bond donors (Lipinski definition) is 1. The lowest BCUT2D eigenvalue weighted by Crippen LogP contribution is -2.28. The summed E-state index contributed by atoms with van der Waals surface area (Å²) in [4.78, 5) is 18.0. The third-order valence-electron chi connectivity index (χ3n) is 4.09. The summed E-state index contributed by atoms with van der Waals surface area (Å²) >= 11 is 0.858. The Morgan fingerprint density at radius 2 is 1.93 bits per heavy atom. The Kier molecular flexibility index (Phi) is 5.45. The van der Waals surface area contributed by atoms with Crippen molar-refractivity contribution in [1.29, 1.82) is 0 Å². The zero-order chi connectivity index (χ0) is 20.5. The summed E-state index contributed by atoms with van der Waals surface area (Å²) in [5, 5.41) is 17.2. The molecule has 0 aliphatic rings. The molecular formula is C18H18N4O4S2. The molecule has 3 aromatic rings. The lowest BCUT2D eigenvalue weighted by molar-refractivity contribution is -0.593. The van der Waals surface area contributed by atoms with Gasteiger partial charge >= 0.3 is 0 Å². The number of pyridine rings is 1. The number of sulfonamides is 1. The van der Waals surface area contributed by atoms with Crippen molar-refractivity contribution in [3.8, 4) is 11.3 Å². The Balaban J connectivity index is 1.75. The summed E-state index contributed by atoms with van der Waals surface area (Å²) < 4.78 is 23.8. The number of likely N-dealkylation sites (N-methyl/N-ethyl adjacent to an activating group) is 1. The van der Waals surface area contributed by atoms with E-state index in [1.54, 1.807) is 42.5 Å².